The van der Waals surface area contributed by atoms with Crippen LogP contribution in [0.25, 0.3) is 0 Å². The molecule has 0 saturated carbocycles. The molecule has 0 heterocycles. The topological polar surface area (TPSA) is 0 Å². The lowest BCUT2D eigenvalue weighted by molar-refractivity contribution is 0.614. The Labute approximate surface area is 76.7 Å². The van der Waals surface area contributed by atoms with Crippen LogP contribution in [0.5, 0.6) is 0 Å². The minimum Gasteiger partial charge on any atom is -0.207 e. The SMILES string of the molecule is C=CCc1cc(CCl)ccc1F. The third kappa shape index (κ3) is 2.08. The highest BCUT2D eigenvalue weighted by Crippen LogP contribution is 2.13. The lowest BCUT2D eigenvalue weighted by Gasteiger charge is -2.01. The monoisotopic (exact) mass is 184 g/mol. The molecule has 0 unspecified atom stereocenters. The van der Waals surface area contributed by atoms with Crippen molar-refractivity contribution in [2.45, 2.75) is 12.3 Å². The fraction of sp³-hybridized carbons (Fsp3) is 0.200. The van der Waals surface area contributed by atoms with Crippen molar-refractivity contribution < 1.29 is 4.39 Å². The molecule has 2 heteroatoms. The zero-order chi connectivity index (χ0) is 8.97. The number of rotatable bonds is 3. The molecule has 1 rings (SSSR count). The van der Waals surface area contributed by atoms with E-state index in [2.05, 4.69) is 6.58 Å². The van der Waals surface area contributed by atoms with E-state index in [9.17, 15) is 4.39 Å². The van der Waals surface area contributed by atoms with E-state index in [1.165, 1.54) is 6.07 Å². The van der Waals surface area contributed by atoms with Gasteiger partial charge >= 0.3 is 0 Å². The van der Waals surface area contributed by atoms with Crippen molar-refractivity contribution in [3.05, 3.63) is 47.8 Å². The predicted octanol–water partition coefficient (Wildman–Crippen LogP) is 3.29. The van der Waals surface area contributed by atoms with Gasteiger partial charge in [0.2, 0.25) is 0 Å². The Morgan fingerprint density at radius 1 is 1.50 bits per heavy atom. The first-order chi connectivity index (χ1) is 5.77. The fourth-order valence-electron chi connectivity index (χ4n) is 1.02. The summed E-state index contributed by atoms with van der Waals surface area (Å²) in [7, 11) is 0. The molecule has 12 heavy (non-hydrogen) atoms. The van der Waals surface area contributed by atoms with Crippen molar-refractivity contribution in [2.24, 2.45) is 0 Å². The number of benzene rings is 1. The van der Waals surface area contributed by atoms with Crippen LogP contribution in [0.3, 0.4) is 0 Å². The van der Waals surface area contributed by atoms with Gasteiger partial charge in [-0.25, -0.2) is 4.39 Å². The van der Waals surface area contributed by atoms with E-state index in [0.717, 1.165) is 5.56 Å². The van der Waals surface area contributed by atoms with Crippen LogP contribution < -0.4 is 0 Å². The van der Waals surface area contributed by atoms with E-state index in [1.54, 1.807) is 18.2 Å². The highest BCUT2D eigenvalue weighted by Gasteiger charge is 2.00. The predicted molar refractivity (Wildman–Crippen MR) is 49.9 cm³/mol. The van der Waals surface area contributed by atoms with Crippen LogP contribution in [-0.2, 0) is 12.3 Å². The lowest BCUT2D eigenvalue weighted by Crippen LogP contribution is -1.89. The van der Waals surface area contributed by atoms with Gasteiger partial charge in [-0.1, -0.05) is 18.2 Å². The molecular weight excluding hydrogens is 175 g/mol. The van der Waals surface area contributed by atoms with E-state index in [-0.39, 0.29) is 5.82 Å². The maximum absolute atomic E-state index is 13.0. The van der Waals surface area contributed by atoms with Crippen molar-refractivity contribution in [1.82, 2.24) is 0 Å². The summed E-state index contributed by atoms with van der Waals surface area (Å²) in [5.41, 5.74) is 1.60. The van der Waals surface area contributed by atoms with Gasteiger partial charge in [-0.3, -0.25) is 0 Å². The van der Waals surface area contributed by atoms with E-state index < -0.39 is 0 Å². The molecule has 0 nitrogen and oxygen atoms in total. The molecule has 0 N–H and O–H groups in total. The Morgan fingerprint density at radius 3 is 2.83 bits per heavy atom. The van der Waals surface area contributed by atoms with Crippen LogP contribution >= 0.6 is 11.6 Å². The van der Waals surface area contributed by atoms with Gasteiger partial charge in [0, 0.05) is 5.88 Å². The largest absolute Gasteiger partial charge is 0.207 e. The molecule has 0 aliphatic heterocycles. The summed E-state index contributed by atoms with van der Waals surface area (Å²) in [4.78, 5) is 0. The van der Waals surface area contributed by atoms with Crippen molar-refractivity contribution in [3.8, 4) is 0 Å². The summed E-state index contributed by atoms with van der Waals surface area (Å²) in [6.45, 7) is 3.55. The quantitative estimate of drug-likeness (QED) is 0.500. The number of halogens is 2. The lowest BCUT2D eigenvalue weighted by atomic mass is 10.1. The highest BCUT2D eigenvalue weighted by atomic mass is 35.5. The Balaban J connectivity index is 2.99. The van der Waals surface area contributed by atoms with Gasteiger partial charge in [0.05, 0.1) is 0 Å². The van der Waals surface area contributed by atoms with Crippen molar-refractivity contribution >= 4 is 11.6 Å². The molecule has 1 aromatic carbocycles. The summed E-state index contributed by atoms with van der Waals surface area (Å²) in [6.07, 6.45) is 2.23. The minimum atomic E-state index is -0.191. The maximum atomic E-state index is 13.0. The van der Waals surface area contributed by atoms with Gasteiger partial charge in [0.1, 0.15) is 5.82 Å². The molecule has 1 aromatic rings. The average molecular weight is 185 g/mol. The second-order valence-electron chi connectivity index (χ2n) is 2.55. The van der Waals surface area contributed by atoms with Crippen molar-refractivity contribution in [2.75, 3.05) is 0 Å². The van der Waals surface area contributed by atoms with Gasteiger partial charge in [0.25, 0.3) is 0 Å². The van der Waals surface area contributed by atoms with E-state index in [1.807, 2.05) is 0 Å². The summed E-state index contributed by atoms with van der Waals surface area (Å²) >= 11 is 5.60. The minimum absolute atomic E-state index is 0.191. The Kier molecular flexibility index (Phi) is 3.30. The second-order valence-corrected chi connectivity index (χ2v) is 2.82. The third-order valence-corrected chi connectivity index (χ3v) is 1.94. The molecular formula is C10H10ClF. The molecule has 0 radical (unpaired) electrons. The molecule has 0 saturated heterocycles. The molecule has 0 fully saturated rings. The molecule has 0 bridgehead atoms. The average Bonchev–Trinajstić information content (AvgIpc) is 2.09. The van der Waals surface area contributed by atoms with Crippen LogP contribution in [0.2, 0.25) is 0 Å². The number of allylic oxidation sites excluding steroid dienone is 1. The van der Waals surface area contributed by atoms with Gasteiger partial charge in [0.15, 0.2) is 0 Å². The summed E-state index contributed by atoms with van der Waals surface area (Å²) < 4.78 is 13.0. The zero-order valence-electron chi connectivity index (χ0n) is 6.69. The van der Waals surface area contributed by atoms with Gasteiger partial charge in [-0.05, 0) is 23.6 Å². The normalized spacial score (nSPS) is 9.83. The smallest absolute Gasteiger partial charge is 0.126 e. The summed E-state index contributed by atoms with van der Waals surface area (Å²) in [5.74, 6) is 0.230. The molecule has 0 amide bonds. The molecule has 0 aromatic heterocycles. The van der Waals surface area contributed by atoms with Crippen LogP contribution in [0, 0.1) is 5.82 Å². The Morgan fingerprint density at radius 2 is 2.25 bits per heavy atom. The van der Waals surface area contributed by atoms with Gasteiger partial charge in [-0.2, -0.15) is 0 Å². The molecule has 0 spiro atoms. The Hall–Kier alpha value is -0.820. The molecule has 0 aliphatic carbocycles. The second kappa shape index (κ2) is 4.27. The molecule has 0 atom stereocenters. The summed E-state index contributed by atoms with van der Waals surface area (Å²) in [5, 5.41) is 0. The number of alkyl halides is 1. The number of hydrogen-bond donors (Lipinski definition) is 0. The first-order valence-corrected chi connectivity index (χ1v) is 4.25. The first-order valence-electron chi connectivity index (χ1n) is 3.72. The van der Waals surface area contributed by atoms with E-state index >= 15 is 0 Å². The fourth-order valence-corrected chi connectivity index (χ4v) is 1.19. The van der Waals surface area contributed by atoms with E-state index in [4.69, 9.17) is 11.6 Å². The van der Waals surface area contributed by atoms with Crippen LogP contribution in [-0.4, -0.2) is 0 Å². The van der Waals surface area contributed by atoms with Gasteiger partial charge in [-0.15, -0.1) is 18.2 Å². The third-order valence-electron chi connectivity index (χ3n) is 1.63. The van der Waals surface area contributed by atoms with Crippen LogP contribution in [0.1, 0.15) is 11.1 Å². The maximum Gasteiger partial charge on any atom is 0.126 e. The first kappa shape index (κ1) is 9.27. The summed E-state index contributed by atoms with van der Waals surface area (Å²) in [6, 6.07) is 4.90. The Bertz CT molecular complexity index is 281. The van der Waals surface area contributed by atoms with E-state index in [0.29, 0.717) is 17.9 Å². The van der Waals surface area contributed by atoms with Crippen molar-refractivity contribution in [3.63, 3.8) is 0 Å². The van der Waals surface area contributed by atoms with Crippen LogP contribution in [0.4, 0.5) is 4.39 Å². The zero-order valence-corrected chi connectivity index (χ0v) is 7.44. The van der Waals surface area contributed by atoms with Gasteiger partial charge < -0.3 is 0 Å². The molecule has 0 aliphatic rings. The number of hydrogen-bond acceptors (Lipinski definition) is 0. The van der Waals surface area contributed by atoms with Crippen LogP contribution in [0.15, 0.2) is 30.9 Å². The molecule has 64 valence electrons. The highest BCUT2D eigenvalue weighted by molar-refractivity contribution is 6.17. The standard InChI is InChI=1S/C10H10ClF/c1-2-3-9-6-8(7-11)4-5-10(9)12/h2,4-6H,1,3,7H2. The van der Waals surface area contributed by atoms with Crippen molar-refractivity contribution in [1.29, 1.82) is 0 Å².